The van der Waals surface area contributed by atoms with Crippen LogP contribution in [0.4, 0.5) is 0 Å². The third-order valence-corrected chi connectivity index (χ3v) is 10.3. The second-order valence-electron chi connectivity index (χ2n) is 13.1. The van der Waals surface area contributed by atoms with Crippen molar-refractivity contribution in [3.8, 4) is 0 Å². The Morgan fingerprint density at radius 3 is 2.02 bits per heavy atom. The molecule has 25 nitrogen and oxygen atoms in total. The summed E-state index contributed by atoms with van der Waals surface area (Å²) in [5.41, 5.74) is 10.6. The van der Waals surface area contributed by atoms with Gasteiger partial charge >= 0.3 is 22.3 Å². The fraction of sp³-hybridized carbons (Fsp3) is 0.667. The summed E-state index contributed by atoms with van der Waals surface area (Å²) in [7, 11) is -5.17. The molecule has 2 rings (SSSR count). The number of nitrogens with two attached hydrogens (primary N) is 2. The zero-order valence-electron chi connectivity index (χ0n) is 32.1. The maximum atomic E-state index is 13.4. The summed E-state index contributed by atoms with van der Waals surface area (Å²) in [5.74, 6) is -6.28. The van der Waals surface area contributed by atoms with Crippen molar-refractivity contribution in [3.05, 3.63) is 0 Å². The van der Waals surface area contributed by atoms with E-state index in [0.29, 0.717) is 12.2 Å². The number of piperazine rings is 1. The Hall–Kier alpha value is -4.36. The van der Waals surface area contributed by atoms with Crippen molar-refractivity contribution in [1.29, 1.82) is 0 Å². The number of esters is 1. The molecule has 0 aromatic heterocycles. The summed E-state index contributed by atoms with van der Waals surface area (Å²) in [5, 5.41) is 39.2. The van der Waals surface area contributed by atoms with Crippen LogP contribution in [0.2, 0.25) is 0 Å². The monoisotopic (exact) mass is 915 g/mol. The highest BCUT2D eigenvalue weighted by Crippen LogP contribution is 2.16. The van der Waals surface area contributed by atoms with E-state index >= 15 is 0 Å². The van der Waals surface area contributed by atoms with Crippen molar-refractivity contribution in [2.24, 2.45) is 16.5 Å². The van der Waals surface area contributed by atoms with Gasteiger partial charge in [-0.3, -0.25) is 49.5 Å². The molecule has 2 saturated heterocycles. The van der Waals surface area contributed by atoms with E-state index in [1.807, 2.05) is 0 Å². The molecule has 0 bridgehead atoms. The number of ether oxygens (including phenoxy) is 1. The van der Waals surface area contributed by atoms with Gasteiger partial charge in [-0.15, -0.1) is 0 Å². The van der Waals surface area contributed by atoms with Crippen LogP contribution in [0.15, 0.2) is 4.99 Å². The van der Waals surface area contributed by atoms with Crippen LogP contribution < -0.4 is 54.0 Å². The number of carboxylic acid groups (broad SMARTS) is 1. The summed E-state index contributed by atoms with van der Waals surface area (Å²) in [6.45, 7) is 2.90. The van der Waals surface area contributed by atoms with Crippen molar-refractivity contribution in [3.63, 3.8) is 0 Å². The number of aliphatic hydroxyl groups is 1. The number of carbonyl (C=O) groups excluding carboxylic acids is 6. The number of hydrogen-bond donors (Lipinski definition) is 13. The molecular formula is C30H49N11O14S4. The lowest BCUT2D eigenvalue weighted by Gasteiger charge is -2.31. The Bertz CT molecular complexity index is 1750. The largest absolute Gasteiger partial charge is 0.480 e. The number of thioether (sulfide) groups is 1. The number of aliphatic carboxylic acids is 1. The van der Waals surface area contributed by atoms with Gasteiger partial charge in [-0.05, 0) is 52.0 Å². The summed E-state index contributed by atoms with van der Waals surface area (Å²) in [6, 6.07) is -10.6. The number of carboxylic acids is 1. The van der Waals surface area contributed by atoms with Gasteiger partial charge in [-0.1, -0.05) is 24.4 Å². The van der Waals surface area contributed by atoms with E-state index in [9.17, 15) is 56.7 Å². The van der Waals surface area contributed by atoms with Crippen molar-refractivity contribution >= 4 is 104 Å². The first-order valence-corrected chi connectivity index (χ1v) is 21.2. The lowest BCUT2D eigenvalue weighted by Crippen LogP contribution is -2.66. The molecule has 2 aliphatic heterocycles. The molecule has 15 N–H and O–H groups in total. The first-order valence-electron chi connectivity index (χ1n) is 17.6. The minimum atomic E-state index is -5.17. The normalized spacial score (nSPS) is 22.2. The second kappa shape index (κ2) is 23.4. The standard InChI is InChI=1S/C30H49N11O14S4/c1-11(20(43)37-15(28(48)49)7-9-58-4)35-27(57)19-29(50)54-25(40-19)17(13(3)55-59(51,52)53)39-23(46)16(10-42)38-21(44)12(2)34-26(56)18-24(47)41-22(45)14(36-18)6-5-8-33-30(31)32/h11-19,25,36,40,42H,5-10H2,1-4H3,(H,34,56)(H,35,57)(H,37,43)(H,38,44)(H,39,46)(H,48,49)(H4,31,32,33)(H,41,45,47)(H,51,52,53)/t11-,12-,13+,14?,15-,16-,17-,18?,19?,25?/m0/s1. The first kappa shape index (κ1) is 50.8. The van der Waals surface area contributed by atoms with Crippen LogP contribution in [0.25, 0.3) is 0 Å². The zero-order valence-corrected chi connectivity index (χ0v) is 35.3. The molecule has 4 unspecified atom stereocenters. The Labute approximate surface area is 353 Å². The Balaban J connectivity index is 2.12. The molecule has 0 aromatic rings. The highest BCUT2D eigenvalue weighted by Gasteiger charge is 2.45. The second-order valence-corrected chi connectivity index (χ2v) is 16.0. The molecule has 2 heterocycles. The van der Waals surface area contributed by atoms with E-state index in [-0.39, 0.29) is 35.3 Å². The van der Waals surface area contributed by atoms with E-state index in [1.54, 1.807) is 6.26 Å². The molecule has 0 spiro atoms. The van der Waals surface area contributed by atoms with Gasteiger partial charge in [-0.25, -0.2) is 13.8 Å². The van der Waals surface area contributed by atoms with E-state index < -0.39 is 119 Å². The van der Waals surface area contributed by atoms with Crippen molar-refractivity contribution < 1.29 is 65.7 Å². The van der Waals surface area contributed by atoms with Gasteiger partial charge in [0, 0.05) is 6.54 Å². The third kappa shape index (κ3) is 16.3. The maximum absolute atomic E-state index is 13.4. The summed E-state index contributed by atoms with van der Waals surface area (Å²) in [4.78, 5) is 91.9. The molecule has 29 heteroatoms. The number of amides is 5. The van der Waals surface area contributed by atoms with Gasteiger partial charge in [-0.2, -0.15) is 20.2 Å². The first-order chi connectivity index (χ1) is 27.5. The molecule has 10 atom stereocenters. The Morgan fingerprint density at radius 1 is 0.915 bits per heavy atom. The number of imide groups is 1. The van der Waals surface area contributed by atoms with E-state index in [1.165, 1.54) is 25.6 Å². The molecule has 332 valence electrons. The number of hydrogen-bond acceptors (Lipinski definition) is 18. The van der Waals surface area contributed by atoms with Crippen LogP contribution >= 0.6 is 36.2 Å². The fourth-order valence-electron chi connectivity index (χ4n) is 5.33. The number of aliphatic imine (C=N–C) groups is 1. The van der Waals surface area contributed by atoms with Crippen LogP contribution in [-0.2, 0) is 52.9 Å². The van der Waals surface area contributed by atoms with Gasteiger partial charge in [0.15, 0.2) is 18.2 Å². The van der Waals surface area contributed by atoms with Gasteiger partial charge in [0.05, 0.1) is 12.6 Å². The summed E-state index contributed by atoms with van der Waals surface area (Å²) < 4.78 is 42.4. The van der Waals surface area contributed by atoms with Gasteiger partial charge in [0.2, 0.25) is 23.6 Å². The van der Waals surface area contributed by atoms with Crippen LogP contribution in [0, 0.1) is 0 Å². The molecular weight excluding hydrogens is 867 g/mol. The van der Waals surface area contributed by atoms with Gasteiger partial charge < -0.3 is 53.0 Å². The molecule has 0 aliphatic carbocycles. The average molecular weight is 916 g/mol. The Morgan fingerprint density at radius 2 is 1.49 bits per heavy atom. The van der Waals surface area contributed by atoms with Crippen LogP contribution in [0.1, 0.15) is 40.0 Å². The number of cyclic esters (lactones) is 1. The van der Waals surface area contributed by atoms with Gasteiger partial charge in [0.1, 0.15) is 52.3 Å². The molecule has 2 aliphatic rings. The average Bonchev–Trinajstić information content (AvgIpc) is 3.53. The summed E-state index contributed by atoms with van der Waals surface area (Å²) in [6.07, 6.45) is -0.838. The SMILES string of the molecule is CSCC[C@H](NC(=O)[C@H](C)NC(=S)C1NC([C@@H](NC(=O)[C@H](CO)NC(=O)[C@H](C)NC(=S)C2NC(CCCN=C(N)N)C(=O)NC2=O)[C@@H](C)OS(=O)(=O)O)OC1=O)C(=O)O. The number of carbonyl (C=O) groups is 7. The van der Waals surface area contributed by atoms with Crippen LogP contribution in [0.3, 0.4) is 0 Å². The minimum absolute atomic E-state index is 0.132. The molecule has 2 fully saturated rings. The molecule has 0 saturated carbocycles. The van der Waals surface area contributed by atoms with E-state index in [2.05, 4.69) is 51.7 Å². The highest BCUT2D eigenvalue weighted by atomic mass is 32.3. The number of thiocarbonyl (C=S) groups is 2. The number of aliphatic hydroxyl groups excluding tert-OH is 1. The van der Waals surface area contributed by atoms with Crippen LogP contribution in [-0.4, -0.2) is 166 Å². The predicted molar refractivity (Wildman–Crippen MR) is 217 cm³/mol. The quantitative estimate of drug-likeness (QED) is 0.00863. The highest BCUT2D eigenvalue weighted by molar-refractivity contribution is 7.98. The maximum Gasteiger partial charge on any atom is 0.397 e. The minimum Gasteiger partial charge on any atom is -0.480 e. The third-order valence-electron chi connectivity index (χ3n) is 8.43. The molecule has 0 aromatic carbocycles. The lowest BCUT2D eigenvalue weighted by molar-refractivity contribution is -0.145. The fourth-order valence-corrected chi connectivity index (χ4v) is 6.99. The van der Waals surface area contributed by atoms with E-state index in [4.69, 9.17) is 40.6 Å². The number of nitrogens with zero attached hydrogens (tertiary/aromatic N) is 1. The molecule has 0 radical (unpaired) electrons. The molecule has 59 heavy (non-hydrogen) atoms. The molecule has 5 amide bonds. The number of rotatable bonds is 23. The smallest absolute Gasteiger partial charge is 0.397 e. The Kier molecular flexibility index (Phi) is 20.2. The van der Waals surface area contributed by atoms with Crippen molar-refractivity contribution in [2.45, 2.75) is 101 Å². The topological polar surface area (TPSA) is 393 Å². The predicted octanol–water partition coefficient (Wildman–Crippen LogP) is -6.03. The van der Waals surface area contributed by atoms with Crippen molar-refractivity contribution in [2.75, 3.05) is 25.2 Å². The van der Waals surface area contributed by atoms with Crippen molar-refractivity contribution in [1.82, 2.24) is 42.5 Å². The van der Waals surface area contributed by atoms with Crippen LogP contribution in [0.5, 0.6) is 0 Å². The number of nitrogens with one attached hydrogen (secondary N) is 8. The number of guanidine groups is 1. The van der Waals surface area contributed by atoms with E-state index in [0.717, 1.165) is 6.92 Å². The van der Waals surface area contributed by atoms with Gasteiger partial charge in [0.25, 0.3) is 5.91 Å². The lowest BCUT2D eigenvalue weighted by atomic mass is 10.0. The summed E-state index contributed by atoms with van der Waals surface area (Å²) >= 11 is 12.0. The zero-order chi connectivity index (χ0) is 44.8.